The molecule has 0 fully saturated rings. The summed E-state index contributed by atoms with van der Waals surface area (Å²) in [5, 5.41) is 2.47. The first-order chi connectivity index (χ1) is 19.7. The average Bonchev–Trinajstić information content (AvgIpc) is 3.35. The summed E-state index contributed by atoms with van der Waals surface area (Å²) in [6.45, 7) is 0. The van der Waals surface area contributed by atoms with Crippen molar-refractivity contribution in [3.63, 3.8) is 0 Å². The number of para-hydroxylation sites is 1. The molecule has 0 bridgehead atoms. The Morgan fingerprint density at radius 2 is 1.07 bits per heavy atom. The third-order valence-corrected chi connectivity index (χ3v) is 8.23. The number of hydrogen-bond acceptors (Lipinski definition) is 1. The lowest BCUT2D eigenvalue weighted by molar-refractivity contribution is 0.103. The maximum Gasteiger partial charge on any atom is 0.193 e. The summed E-state index contributed by atoms with van der Waals surface area (Å²) in [6, 6.07) is 48.9. The first kappa shape index (κ1) is 22.7. The monoisotopic (exact) mass is 511 g/mol. The van der Waals surface area contributed by atoms with Crippen molar-refractivity contribution in [1.82, 2.24) is 4.57 Å². The van der Waals surface area contributed by atoms with Crippen molar-refractivity contribution in [2.75, 3.05) is 0 Å². The Kier molecular flexibility index (Phi) is 5.08. The van der Waals surface area contributed by atoms with Crippen LogP contribution in [0.2, 0.25) is 0 Å². The number of nitrogens with zero attached hydrogens (tertiary/aromatic N) is 1. The van der Waals surface area contributed by atoms with Crippen LogP contribution >= 0.6 is 0 Å². The second-order valence-corrected chi connectivity index (χ2v) is 10.5. The molecule has 1 heterocycles. The lowest BCUT2D eigenvalue weighted by atomic mass is 9.83. The van der Waals surface area contributed by atoms with Gasteiger partial charge in [-0.15, -0.1) is 0 Å². The van der Waals surface area contributed by atoms with Crippen LogP contribution in [0.5, 0.6) is 0 Å². The molecule has 0 N–H and O–H groups in total. The van der Waals surface area contributed by atoms with Crippen LogP contribution in [0, 0.1) is 0 Å². The number of carbonyl (C=O) groups excluding carboxylic acids is 1. The van der Waals surface area contributed by atoms with E-state index in [1.165, 1.54) is 32.9 Å². The number of rotatable bonds is 3. The minimum Gasteiger partial charge on any atom is -0.309 e. The molecule has 0 amide bonds. The molecule has 0 unspecified atom stereocenters. The van der Waals surface area contributed by atoms with Crippen LogP contribution in [0.25, 0.3) is 49.7 Å². The van der Waals surface area contributed by atoms with Crippen LogP contribution in [0.1, 0.15) is 27.0 Å². The highest BCUT2D eigenvalue weighted by Gasteiger charge is 2.23. The first-order valence-electron chi connectivity index (χ1n) is 13.7. The molecule has 1 aromatic heterocycles. The number of hydrogen-bond donors (Lipinski definition) is 0. The summed E-state index contributed by atoms with van der Waals surface area (Å²) in [5.41, 5.74) is 12.0. The summed E-state index contributed by atoms with van der Waals surface area (Å²) < 4.78 is 2.36. The molecule has 0 spiro atoms. The minimum absolute atomic E-state index is 0.123. The van der Waals surface area contributed by atoms with Gasteiger partial charge < -0.3 is 4.57 Å². The molecule has 2 nitrogen and oxygen atoms in total. The molecule has 0 saturated heterocycles. The molecule has 40 heavy (non-hydrogen) atoms. The fraction of sp³-hybridized carbons (Fsp3) is 0.0263. The summed E-state index contributed by atoms with van der Waals surface area (Å²) in [6.07, 6.45) is 0.779. The van der Waals surface area contributed by atoms with Gasteiger partial charge in [-0.05, 0) is 64.1 Å². The van der Waals surface area contributed by atoms with E-state index in [4.69, 9.17) is 0 Å². The molecular weight excluding hydrogens is 486 g/mol. The van der Waals surface area contributed by atoms with Gasteiger partial charge in [-0.25, -0.2) is 0 Å². The predicted octanol–water partition coefficient (Wildman–Crippen LogP) is 9.25. The zero-order valence-electron chi connectivity index (χ0n) is 21.8. The normalized spacial score (nSPS) is 12.4. The van der Waals surface area contributed by atoms with Crippen LogP contribution in [-0.2, 0) is 6.42 Å². The summed E-state index contributed by atoms with van der Waals surface area (Å²) in [4.78, 5) is 13.1. The third kappa shape index (κ3) is 3.54. The summed E-state index contributed by atoms with van der Waals surface area (Å²) in [5.74, 6) is 0.123. The molecule has 6 aromatic carbocycles. The van der Waals surface area contributed by atoms with E-state index in [0.717, 1.165) is 45.5 Å². The number of aromatic nitrogens is 1. The van der Waals surface area contributed by atoms with Gasteiger partial charge in [0.25, 0.3) is 0 Å². The SMILES string of the molecule is O=C1c2ccccc2Cc2cc(-c3ccc4c5ccccc5n(-c5ccc(-c6ccccc6)cc5)c4c3)ccc21. The summed E-state index contributed by atoms with van der Waals surface area (Å²) in [7, 11) is 0. The zero-order chi connectivity index (χ0) is 26.6. The van der Waals surface area contributed by atoms with Gasteiger partial charge >= 0.3 is 0 Å². The van der Waals surface area contributed by atoms with E-state index in [1.807, 2.05) is 30.3 Å². The topological polar surface area (TPSA) is 22.0 Å². The maximum absolute atomic E-state index is 13.1. The molecule has 0 radical (unpaired) electrons. The van der Waals surface area contributed by atoms with Crippen LogP contribution in [0.4, 0.5) is 0 Å². The van der Waals surface area contributed by atoms with Crippen molar-refractivity contribution >= 4 is 27.6 Å². The highest BCUT2D eigenvalue weighted by atomic mass is 16.1. The van der Waals surface area contributed by atoms with Gasteiger partial charge in [0, 0.05) is 27.6 Å². The maximum atomic E-state index is 13.1. The van der Waals surface area contributed by atoms with Gasteiger partial charge in [0.1, 0.15) is 0 Å². The Labute approximate surface area is 232 Å². The Morgan fingerprint density at radius 1 is 0.450 bits per heavy atom. The smallest absolute Gasteiger partial charge is 0.193 e. The quantitative estimate of drug-likeness (QED) is 0.232. The molecule has 2 heteroatoms. The lowest BCUT2D eigenvalue weighted by Crippen LogP contribution is -2.14. The largest absolute Gasteiger partial charge is 0.309 e. The molecule has 0 atom stereocenters. The van der Waals surface area contributed by atoms with E-state index in [2.05, 4.69) is 114 Å². The molecule has 0 aliphatic heterocycles. The summed E-state index contributed by atoms with van der Waals surface area (Å²) >= 11 is 0. The van der Waals surface area contributed by atoms with E-state index in [9.17, 15) is 4.79 Å². The van der Waals surface area contributed by atoms with Crippen molar-refractivity contribution in [3.8, 4) is 27.9 Å². The number of ketones is 1. The first-order valence-corrected chi connectivity index (χ1v) is 13.7. The Bertz CT molecular complexity index is 2080. The highest BCUT2D eigenvalue weighted by Crippen LogP contribution is 2.37. The van der Waals surface area contributed by atoms with Gasteiger partial charge in [0.05, 0.1) is 11.0 Å². The van der Waals surface area contributed by atoms with Crippen LogP contribution < -0.4 is 0 Å². The van der Waals surface area contributed by atoms with E-state index in [-0.39, 0.29) is 5.78 Å². The number of benzene rings is 6. The van der Waals surface area contributed by atoms with Crippen LogP contribution in [0.15, 0.2) is 140 Å². The Balaban J connectivity index is 1.26. The van der Waals surface area contributed by atoms with E-state index >= 15 is 0 Å². The third-order valence-electron chi connectivity index (χ3n) is 8.23. The number of carbonyl (C=O) groups is 1. The molecular formula is C38H25NO. The van der Waals surface area contributed by atoms with Crippen molar-refractivity contribution < 1.29 is 4.79 Å². The average molecular weight is 512 g/mol. The highest BCUT2D eigenvalue weighted by molar-refractivity contribution is 6.13. The van der Waals surface area contributed by atoms with E-state index < -0.39 is 0 Å². The number of fused-ring (bicyclic) bond motifs is 5. The van der Waals surface area contributed by atoms with Crippen molar-refractivity contribution in [3.05, 3.63) is 162 Å². The Morgan fingerprint density at radius 3 is 1.95 bits per heavy atom. The Hall–Kier alpha value is -5.21. The van der Waals surface area contributed by atoms with Gasteiger partial charge in [-0.1, -0.05) is 115 Å². The van der Waals surface area contributed by atoms with Crippen LogP contribution in [-0.4, -0.2) is 10.4 Å². The lowest BCUT2D eigenvalue weighted by Gasteiger charge is -2.19. The van der Waals surface area contributed by atoms with Gasteiger partial charge in [-0.2, -0.15) is 0 Å². The molecule has 1 aliphatic carbocycles. The van der Waals surface area contributed by atoms with Crippen molar-refractivity contribution in [2.45, 2.75) is 6.42 Å². The van der Waals surface area contributed by atoms with Crippen LogP contribution in [0.3, 0.4) is 0 Å². The van der Waals surface area contributed by atoms with E-state index in [1.54, 1.807) is 0 Å². The minimum atomic E-state index is 0.123. The standard InChI is InChI=1S/C38H25NO/c40-38-32-11-5-4-10-29(32)23-30-22-27(16-20-33(30)38)28-17-21-35-34-12-6-7-13-36(34)39(37(35)24-28)31-18-14-26(15-19-31)25-8-2-1-3-9-25/h1-22,24H,23H2. The van der Waals surface area contributed by atoms with Crippen molar-refractivity contribution in [2.24, 2.45) is 0 Å². The van der Waals surface area contributed by atoms with Gasteiger partial charge in [0.15, 0.2) is 5.78 Å². The second kappa shape index (κ2) is 8.93. The van der Waals surface area contributed by atoms with Gasteiger partial charge in [0.2, 0.25) is 0 Å². The molecule has 0 saturated carbocycles. The van der Waals surface area contributed by atoms with E-state index in [0.29, 0.717) is 0 Å². The fourth-order valence-corrected chi connectivity index (χ4v) is 6.25. The molecule has 188 valence electrons. The fourth-order valence-electron chi connectivity index (χ4n) is 6.25. The van der Waals surface area contributed by atoms with Crippen molar-refractivity contribution in [1.29, 1.82) is 0 Å². The second-order valence-electron chi connectivity index (χ2n) is 10.5. The molecule has 7 aromatic rings. The van der Waals surface area contributed by atoms with Gasteiger partial charge in [-0.3, -0.25) is 4.79 Å². The molecule has 8 rings (SSSR count). The molecule has 1 aliphatic rings. The predicted molar refractivity (Wildman–Crippen MR) is 164 cm³/mol. The zero-order valence-corrected chi connectivity index (χ0v) is 21.8.